The van der Waals surface area contributed by atoms with Gasteiger partial charge in [-0.25, -0.2) is 0 Å². The summed E-state index contributed by atoms with van der Waals surface area (Å²) in [4.78, 5) is 2.50. The molecule has 0 amide bonds. The van der Waals surface area contributed by atoms with Crippen LogP contribution in [0.25, 0.3) is 0 Å². The quantitative estimate of drug-likeness (QED) is 0.816. The Hall–Kier alpha value is -0.570. The number of nitrogens with zero attached hydrogens (tertiary/aromatic N) is 1. The van der Waals surface area contributed by atoms with Gasteiger partial charge in [0.2, 0.25) is 0 Å². The second-order valence-corrected chi connectivity index (χ2v) is 6.37. The van der Waals surface area contributed by atoms with E-state index in [1.165, 1.54) is 0 Å². The maximum atomic E-state index is 6.25. The Morgan fingerprint density at radius 1 is 1.11 bits per heavy atom. The van der Waals surface area contributed by atoms with Gasteiger partial charge in [0.05, 0.1) is 0 Å². The fraction of sp³-hybridized carbons (Fsp3) is 0.625. The molecule has 0 aliphatic heterocycles. The summed E-state index contributed by atoms with van der Waals surface area (Å²) in [5.41, 5.74) is 7.42. The third-order valence-electron chi connectivity index (χ3n) is 3.36. The van der Waals surface area contributed by atoms with Crippen molar-refractivity contribution in [3.05, 3.63) is 34.9 Å². The molecule has 0 radical (unpaired) electrons. The third kappa shape index (κ3) is 5.94. The van der Waals surface area contributed by atoms with Crippen LogP contribution in [0.15, 0.2) is 24.3 Å². The van der Waals surface area contributed by atoms with Crippen molar-refractivity contribution in [2.75, 3.05) is 13.1 Å². The zero-order chi connectivity index (χ0) is 14.4. The first-order chi connectivity index (χ1) is 8.90. The minimum Gasteiger partial charge on any atom is -0.324 e. The van der Waals surface area contributed by atoms with Crippen molar-refractivity contribution in [3.63, 3.8) is 0 Å². The van der Waals surface area contributed by atoms with Crippen LogP contribution in [0.4, 0.5) is 0 Å². The van der Waals surface area contributed by atoms with Gasteiger partial charge in [0.25, 0.3) is 0 Å². The third-order valence-corrected chi connectivity index (χ3v) is 3.61. The molecule has 1 rings (SSSR count). The summed E-state index contributed by atoms with van der Waals surface area (Å²) in [5.74, 6) is 0.689. The van der Waals surface area contributed by atoms with E-state index in [0.29, 0.717) is 12.0 Å². The summed E-state index contributed by atoms with van der Waals surface area (Å²) in [7, 11) is 0. The molecular formula is C16H27ClN2. The maximum Gasteiger partial charge on any atom is 0.0406 e. The van der Waals surface area contributed by atoms with Crippen molar-refractivity contribution in [1.29, 1.82) is 0 Å². The summed E-state index contributed by atoms with van der Waals surface area (Å²) < 4.78 is 0. The lowest BCUT2D eigenvalue weighted by Gasteiger charge is -2.29. The number of benzene rings is 1. The average molecular weight is 283 g/mol. The molecule has 1 aromatic carbocycles. The van der Waals surface area contributed by atoms with Gasteiger partial charge in [-0.1, -0.05) is 37.6 Å². The number of hydrogen-bond donors (Lipinski definition) is 1. The summed E-state index contributed by atoms with van der Waals surface area (Å²) in [6.07, 6.45) is 0.979. The van der Waals surface area contributed by atoms with Crippen molar-refractivity contribution >= 4 is 11.6 Å². The number of halogens is 1. The standard InChI is InChI=1S/C16H27ClN2/c1-12(2)11-19(13(3)4)10-9-16(18)14-5-7-15(17)8-6-14/h5-8,12-13,16H,9-11,18H2,1-4H3. The number of rotatable bonds is 7. The second-order valence-electron chi connectivity index (χ2n) is 5.93. The molecule has 108 valence electrons. The molecule has 1 atom stereocenters. The monoisotopic (exact) mass is 282 g/mol. The van der Waals surface area contributed by atoms with E-state index in [9.17, 15) is 0 Å². The van der Waals surface area contributed by atoms with E-state index in [1.807, 2.05) is 24.3 Å². The molecule has 0 aliphatic carbocycles. The van der Waals surface area contributed by atoms with Crippen LogP contribution in [0.1, 0.15) is 45.7 Å². The molecule has 0 aliphatic rings. The summed E-state index contributed by atoms with van der Waals surface area (Å²) in [6, 6.07) is 8.52. The fourth-order valence-electron chi connectivity index (χ4n) is 2.21. The zero-order valence-corrected chi connectivity index (χ0v) is 13.3. The molecule has 0 aromatic heterocycles. The minimum absolute atomic E-state index is 0.0886. The van der Waals surface area contributed by atoms with Gasteiger partial charge < -0.3 is 10.6 Å². The molecule has 1 unspecified atom stereocenters. The van der Waals surface area contributed by atoms with E-state index in [0.717, 1.165) is 30.1 Å². The predicted molar refractivity (Wildman–Crippen MR) is 84.5 cm³/mol. The zero-order valence-electron chi connectivity index (χ0n) is 12.6. The molecule has 0 bridgehead atoms. The van der Waals surface area contributed by atoms with Gasteiger partial charge >= 0.3 is 0 Å². The second kappa shape index (κ2) is 7.88. The highest BCUT2D eigenvalue weighted by Crippen LogP contribution is 2.18. The van der Waals surface area contributed by atoms with E-state index in [4.69, 9.17) is 17.3 Å². The van der Waals surface area contributed by atoms with Crippen LogP contribution in [-0.4, -0.2) is 24.0 Å². The predicted octanol–water partition coefficient (Wildman–Crippen LogP) is 4.10. The lowest BCUT2D eigenvalue weighted by molar-refractivity contribution is 0.191. The van der Waals surface area contributed by atoms with Gasteiger partial charge in [-0.15, -0.1) is 0 Å². The first-order valence-corrected chi connectivity index (χ1v) is 7.53. The van der Waals surface area contributed by atoms with Gasteiger partial charge in [-0.3, -0.25) is 0 Å². The van der Waals surface area contributed by atoms with Crippen LogP contribution in [0.2, 0.25) is 5.02 Å². The van der Waals surface area contributed by atoms with E-state index < -0.39 is 0 Å². The topological polar surface area (TPSA) is 29.3 Å². The van der Waals surface area contributed by atoms with E-state index in [2.05, 4.69) is 32.6 Å². The maximum absolute atomic E-state index is 6.25. The van der Waals surface area contributed by atoms with Crippen LogP contribution in [0.3, 0.4) is 0 Å². The van der Waals surface area contributed by atoms with Crippen LogP contribution in [0.5, 0.6) is 0 Å². The summed E-state index contributed by atoms with van der Waals surface area (Å²) >= 11 is 5.89. The molecule has 1 aromatic rings. The van der Waals surface area contributed by atoms with Gasteiger partial charge in [0, 0.05) is 30.2 Å². The van der Waals surface area contributed by atoms with Crippen molar-refractivity contribution in [3.8, 4) is 0 Å². The first-order valence-electron chi connectivity index (χ1n) is 7.15. The molecule has 2 N–H and O–H groups in total. The Morgan fingerprint density at radius 3 is 2.16 bits per heavy atom. The van der Waals surface area contributed by atoms with Crippen molar-refractivity contribution < 1.29 is 0 Å². The Kier molecular flexibility index (Phi) is 6.84. The Balaban J connectivity index is 2.51. The highest BCUT2D eigenvalue weighted by Gasteiger charge is 2.13. The van der Waals surface area contributed by atoms with E-state index in [-0.39, 0.29) is 6.04 Å². The molecule has 19 heavy (non-hydrogen) atoms. The van der Waals surface area contributed by atoms with Crippen LogP contribution < -0.4 is 5.73 Å². The van der Waals surface area contributed by atoms with Crippen molar-refractivity contribution in [2.24, 2.45) is 11.7 Å². The van der Waals surface area contributed by atoms with E-state index in [1.54, 1.807) is 0 Å². The van der Waals surface area contributed by atoms with Gasteiger partial charge in [-0.2, -0.15) is 0 Å². The average Bonchev–Trinajstić information content (AvgIpc) is 2.34. The molecule has 2 nitrogen and oxygen atoms in total. The SMILES string of the molecule is CC(C)CN(CCC(N)c1ccc(Cl)cc1)C(C)C. The lowest BCUT2D eigenvalue weighted by atomic mass is 10.0. The molecule has 0 spiro atoms. The lowest BCUT2D eigenvalue weighted by Crippen LogP contribution is -2.36. The number of hydrogen-bond acceptors (Lipinski definition) is 2. The number of nitrogens with two attached hydrogens (primary N) is 1. The van der Waals surface area contributed by atoms with Gasteiger partial charge in [0.15, 0.2) is 0 Å². The highest BCUT2D eigenvalue weighted by molar-refractivity contribution is 6.30. The van der Waals surface area contributed by atoms with Gasteiger partial charge in [0.1, 0.15) is 0 Å². The van der Waals surface area contributed by atoms with E-state index >= 15 is 0 Å². The summed E-state index contributed by atoms with van der Waals surface area (Å²) in [6.45, 7) is 11.2. The molecule has 3 heteroatoms. The summed E-state index contributed by atoms with van der Waals surface area (Å²) in [5, 5.41) is 0.763. The molecular weight excluding hydrogens is 256 g/mol. The first kappa shape index (κ1) is 16.5. The van der Waals surface area contributed by atoms with Crippen molar-refractivity contribution in [1.82, 2.24) is 4.90 Å². The van der Waals surface area contributed by atoms with Crippen LogP contribution >= 0.6 is 11.6 Å². The van der Waals surface area contributed by atoms with Crippen molar-refractivity contribution in [2.45, 2.75) is 46.2 Å². The molecule has 0 saturated carbocycles. The van der Waals surface area contributed by atoms with Crippen LogP contribution in [-0.2, 0) is 0 Å². The normalized spacial score (nSPS) is 13.5. The Labute approximate surface area is 122 Å². The Morgan fingerprint density at radius 2 is 1.68 bits per heavy atom. The minimum atomic E-state index is 0.0886. The van der Waals surface area contributed by atoms with Crippen LogP contribution in [0, 0.1) is 5.92 Å². The highest BCUT2D eigenvalue weighted by atomic mass is 35.5. The fourth-order valence-corrected chi connectivity index (χ4v) is 2.34. The smallest absolute Gasteiger partial charge is 0.0406 e. The van der Waals surface area contributed by atoms with Gasteiger partial charge in [-0.05, 0) is 43.9 Å². The molecule has 0 saturated heterocycles. The molecule has 0 heterocycles. The largest absolute Gasteiger partial charge is 0.324 e. The molecule has 0 fully saturated rings. The Bertz CT molecular complexity index is 360.